The highest BCUT2D eigenvalue weighted by molar-refractivity contribution is 7.91. The van der Waals surface area contributed by atoms with Crippen molar-refractivity contribution in [3.63, 3.8) is 0 Å². The summed E-state index contributed by atoms with van der Waals surface area (Å²) in [6.07, 6.45) is 4.83. The quantitative estimate of drug-likeness (QED) is 0.704. The zero-order valence-corrected chi connectivity index (χ0v) is 13.5. The van der Waals surface area contributed by atoms with E-state index in [4.69, 9.17) is 0 Å². The predicted octanol–water partition coefficient (Wildman–Crippen LogP) is 1.10. The molecular formula is C14H28N2O3S. The molecule has 1 amide bonds. The van der Waals surface area contributed by atoms with E-state index in [1.165, 1.54) is 12.8 Å². The van der Waals surface area contributed by atoms with Crippen molar-refractivity contribution < 1.29 is 13.2 Å². The molecule has 1 saturated heterocycles. The molecule has 0 bridgehead atoms. The summed E-state index contributed by atoms with van der Waals surface area (Å²) >= 11 is 0. The minimum absolute atomic E-state index is 0.0467. The van der Waals surface area contributed by atoms with E-state index >= 15 is 0 Å². The third-order valence-corrected chi connectivity index (χ3v) is 5.60. The number of amides is 1. The fourth-order valence-corrected chi connectivity index (χ4v) is 3.94. The van der Waals surface area contributed by atoms with Crippen LogP contribution in [0.5, 0.6) is 0 Å². The molecule has 2 N–H and O–H groups in total. The van der Waals surface area contributed by atoms with E-state index in [0.717, 1.165) is 12.8 Å². The van der Waals surface area contributed by atoms with Crippen LogP contribution in [0.2, 0.25) is 0 Å². The van der Waals surface area contributed by atoms with Gasteiger partial charge in [0.1, 0.15) is 0 Å². The van der Waals surface area contributed by atoms with Crippen LogP contribution in [-0.4, -0.2) is 45.0 Å². The van der Waals surface area contributed by atoms with Crippen LogP contribution in [0.25, 0.3) is 0 Å². The summed E-state index contributed by atoms with van der Waals surface area (Å²) in [5.74, 6) is 0.740. The van der Waals surface area contributed by atoms with E-state index in [1.54, 1.807) is 0 Å². The maximum absolute atomic E-state index is 11.9. The first kappa shape index (κ1) is 17.4. The normalized spacial score (nSPS) is 23.2. The second kappa shape index (κ2) is 8.62. The van der Waals surface area contributed by atoms with Gasteiger partial charge in [-0.3, -0.25) is 4.79 Å². The molecule has 0 spiro atoms. The van der Waals surface area contributed by atoms with Gasteiger partial charge >= 0.3 is 0 Å². The predicted molar refractivity (Wildman–Crippen MR) is 81.4 cm³/mol. The Morgan fingerprint density at radius 3 is 2.75 bits per heavy atom. The van der Waals surface area contributed by atoms with Crippen LogP contribution in [0.1, 0.15) is 46.0 Å². The maximum atomic E-state index is 11.9. The number of sulfone groups is 1. The van der Waals surface area contributed by atoms with Crippen molar-refractivity contribution >= 4 is 15.7 Å². The van der Waals surface area contributed by atoms with Gasteiger partial charge in [-0.05, 0) is 12.3 Å². The van der Waals surface area contributed by atoms with Gasteiger partial charge in [0.15, 0.2) is 9.84 Å². The van der Waals surface area contributed by atoms with E-state index in [1.807, 2.05) is 0 Å². The molecule has 1 heterocycles. The lowest BCUT2D eigenvalue weighted by atomic mass is 9.99. The molecule has 1 fully saturated rings. The standard InChI is InChI=1S/C14H28N2O3S/c1-3-5-6-12(4-2)10-16-14(17)9-13-11-20(18,19)8-7-15-13/h12-13,15H,3-11H2,1-2H3,(H,16,17). The van der Waals surface area contributed by atoms with Gasteiger partial charge in [-0.15, -0.1) is 0 Å². The van der Waals surface area contributed by atoms with Crippen molar-refractivity contribution in [2.45, 2.75) is 52.0 Å². The van der Waals surface area contributed by atoms with Crippen LogP contribution in [0, 0.1) is 5.92 Å². The molecule has 0 aliphatic carbocycles. The van der Waals surface area contributed by atoms with Crippen LogP contribution in [0.15, 0.2) is 0 Å². The number of carbonyl (C=O) groups is 1. The summed E-state index contributed by atoms with van der Waals surface area (Å²) in [6.45, 7) is 5.46. The zero-order chi connectivity index (χ0) is 15.0. The Kier molecular flexibility index (Phi) is 7.51. The molecule has 0 saturated carbocycles. The van der Waals surface area contributed by atoms with E-state index in [0.29, 0.717) is 19.0 Å². The summed E-state index contributed by atoms with van der Waals surface area (Å²) in [6, 6.07) is -0.232. The maximum Gasteiger partial charge on any atom is 0.221 e. The number of rotatable bonds is 8. The summed E-state index contributed by atoms with van der Waals surface area (Å²) in [5, 5.41) is 6.04. The van der Waals surface area contributed by atoms with Crippen molar-refractivity contribution in [3.05, 3.63) is 0 Å². The zero-order valence-electron chi connectivity index (χ0n) is 12.7. The first-order valence-corrected chi connectivity index (χ1v) is 9.49. The van der Waals surface area contributed by atoms with Crippen LogP contribution >= 0.6 is 0 Å². The number of hydrogen-bond acceptors (Lipinski definition) is 4. The Balaban J connectivity index is 2.29. The van der Waals surface area contributed by atoms with Crippen LogP contribution in [-0.2, 0) is 14.6 Å². The average Bonchev–Trinajstić information content (AvgIpc) is 2.37. The third-order valence-electron chi connectivity index (χ3n) is 3.86. The lowest BCUT2D eigenvalue weighted by Gasteiger charge is -2.23. The highest BCUT2D eigenvalue weighted by Crippen LogP contribution is 2.11. The summed E-state index contributed by atoms with van der Waals surface area (Å²) in [5.41, 5.74) is 0. The Morgan fingerprint density at radius 2 is 2.15 bits per heavy atom. The summed E-state index contributed by atoms with van der Waals surface area (Å²) in [7, 11) is -2.97. The molecule has 2 atom stereocenters. The molecule has 1 aliphatic rings. The fourth-order valence-electron chi connectivity index (χ4n) is 2.50. The fraction of sp³-hybridized carbons (Fsp3) is 0.929. The van der Waals surface area contributed by atoms with Crippen molar-refractivity contribution in [2.24, 2.45) is 5.92 Å². The highest BCUT2D eigenvalue weighted by Gasteiger charge is 2.25. The van der Waals surface area contributed by atoms with Crippen molar-refractivity contribution in [1.82, 2.24) is 10.6 Å². The van der Waals surface area contributed by atoms with Crippen molar-refractivity contribution in [3.8, 4) is 0 Å². The van der Waals surface area contributed by atoms with Gasteiger partial charge in [0.05, 0.1) is 11.5 Å². The molecule has 5 nitrogen and oxygen atoms in total. The molecule has 0 aromatic rings. The Morgan fingerprint density at radius 1 is 1.40 bits per heavy atom. The van der Waals surface area contributed by atoms with Gasteiger partial charge in [-0.25, -0.2) is 8.42 Å². The van der Waals surface area contributed by atoms with Crippen molar-refractivity contribution in [2.75, 3.05) is 24.6 Å². The minimum atomic E-state index is -2.97. The molecule has 1 aliphatic heterocycles. The van der Waals surface area contributed by atoms with E-state index < -0.39 is 9.84 Å². The first-order valence-electron chi connectivity index (χ1n) is 7.67. The van der Waals surface area contributed by atoms with E-state index in [2.05, 4.69) is 24.5 Å². The third kappa shape index (κ3) is 6.70. The van der Waals surface area contributed by atoms with E-state index in [9.17, 15) is 13.2 Å². The minimum Gasteiger partial charge on any atom is -0.356 e. The van der Waals surface area contributed by atoms with Gasteiger partial charge in [-0.1, -0.05) is 33.1 Å². The molecule has 0 radical (unpaired) electrons. The molecule has 6 heteroatoms. The lowest BCUT2D eigenvalue weighted by Crippen LogP contribution is -2.47. The van der Waals surface area contributed by atoms with E-state index in [-0.39, 0.29) is 29.9 Å². The topological polar surface area (TPSA) is 75.3 Å². The number of unbranched alkanes of at least 4 members (excludes halogenated alkanes) is 1. The Labute approximate surface area is 122 Å². The van der Waals surface area contributed by atoms with Crippen LogP contribution < -0.4 is 10.6 Å². The molecular weight excluding hydrogens is 276 g/mol. The number of nitrogens with one attached hydrogen (secondary N) is 2. The van der Waals surface area contributed by atoms with Gasteiger partial charge in [0.25, 0.3) is 0 Å². The van der Waals surface area contributed by atoms with Crippen molar-refractivity contribution in [1.29, 1.82) is 0 Å². The smallest absolute Gasteiger partial charge is 0.221 e. The SMILES string of the molecule is CCCCC(CC)CNC(=O)CC1CS(=O)(=O)CCN1. The monoisotopic (exact) mass is 304 g/mol. The number of hydrogen-bond donors (Lipinski definition) is 2. The molecule has 20 heavy (non-hydrogen) atoms. The van der Waals surface area contributed by atoms with Crippen LogP contribution in [0.4, 0.5) is 0 Å². The molecule has 0 aromatic heterocycles. The number of carbonyl (C=O) groups excluding carboxylic acids is 1. The molecule has 118 valence electrons. The van der Waals surface area contributed by atoms with Gasteiger partial charge in [0.2, 0.25) is 5.91 Å². The second-order valence-electron chi connectivity index (χ2n) is 5.69. The first-order chi connectivity index (χ1) is 9.46. The van der Waals surface area contributed by atoms with Gasteiger partial charge in [0, 0.05) is 25.6 Å². The van der Waals surface area contributed by atoms with Gasteiger partial charge in [-0.2, -0.15) is 0 Å². The van der Waals surface area contributed by atoms with Crippen LogP contribution in [0.3, 0.4) is 0 Å². The summed E-state index contributed by atoms with van der Waals surface area (Å²) < 4.78 is 23.0. The average molecular weight is 304 g/mol. The Hall–Kier alpha value is -0.620. The lowest BCUT2D eigenvalue weighted by molar-refractivity contribution is -0.121. The van der Waals surface area contributed by atoms with Gasteiger partial charge < -0.3 is 10.6 Å². The second-order valence-corrected chi connectivity index (χ2v) is 7.92. The highest BCUT2D eigenvalue weighted by atomic mass is 32.2. The Bertz CT molecular complexity index is 395. The molecule has 1 rings (SSSR count). The summed E-state index contributed by atoms with van der Waals surface area (Å²) in [4.78, 5) is 11.9. The molecule has 2 unspecified atom stereocenters. The molecule has 0 aromatic carbocycles. The largest absolute Gasteiger partial charge is 0.356 e.